The van der Waals surface area contributed by atoms with Crippen molar-refractivity contribution in [3.8, 4) is 0 Å². The van der Waals surface area contributed by atoms with Crippen molar-refractivity contribution in [2.45, 2.75) is 33.1 Å². The molecule has 0 aliphatic carbocycles. The van der Waals surface area contributed by atoms with Crippen molar-refractivity contribution < 1.29 is 4.79 Å². The van der Waals surface area contributed by atoms with Crippen LogP contribution in [-0.2, 0) is 6.42 Å². The maximum atomic E-state index is 12.5. The molecule has 0 aliphatic heterocycles. The molecule has 0 fully saturated rings. The number of amides is 1. The Balaban J connectivity index is 1.88. The summed E-state index contributed by atoms with van der Waals surface area (Å²) in [5.41, 5.74) is 8.72. The first-order valence-electron chi connectivity index (χ1n) is 8.00. The molecule has 5 nitrogen and oxygen atoms in total. The van der Waals surface area contributed by atoms with Gasteiger partial charge in [0.15, 0.2) is 0 Å². The van der Waals surface area contributed by atoms with E-state index in [0.717, 1.165) is 40.7 Å². The molecule has 0 bridgehead atoms. The van der Waals surface area contributed by atoms with Crippen LogP contribution in [0.1, 0.15) is 40.7 Å². The number of nitrogens with one attached hydrogen (secondary N) is 1. The Morgan fingerprint density at radius 3 is 2.92 bits per heavy atom. The van der Waals surface area contributed by atoms with Crippen LogP contribution in [0.4, 0.5) is 11.5 Å². The molecule has 0 aromatic carbocycles. The van der Waals surface area contributed by atoms with Crippen LogP contribution in [0.2, 0.25) is 0 Å². The van der Waals surface area contributed by atoms with Gasteiger partial charge in [0.05, 0.1) is 5.69 Å². The van der Waals surface area contributed by atoms with E-state index in [0.29, 0.717) is 16.4 Å². The molecular weight excluding hydrogens is 320 g/mol. The molecule has 0 saturated carbocycles. The number of carbonyl (C=O) groups is 1. The highest BCUT2D eigenvalue weighted by atomic mass is 32.1. The fraction of sp³-hybridized carbons (Fsp3) is 0.278. The number of fused-ring (bicyclic) bond motifs is 1. The number of unbranched alkanes of at least 4 members (excludes halogenated alkanes) is 1. The highest BCUT2D eigenvalue weighted by Gasteiger charge is 2.18. The van der Waals surface area contributed by atoms with Crippen molar-refractivity contribution in [3.05, 3.63) is 46.6 Å². The Morgan fingerprint density at radius 2 is 2.17 bits per heavy atom. The van der Waals surface area contributed by atoms with E-state index < -0.39 is 0 Å². The van der Waals surface area contributed by atoms with E-state index >= 15 is 0 Å². The third kappa shape index (κ3) is 3.38. The smallest absolute Gasteiger partial charge is 0.269 e. The minimum Gasteiger partial charge on any atom is -0.397 e. The second kappa shape index (κ2) is 6.97. The maximum Gasteiger partial charge on any atom is 0.269 e. The van der Waals surface area contributed by atoms with E-state index in [1.54, 1.807) is 6.20 Å². The van der Waals surface area contributed by atoms with Gasteiger partial charge in [-0.3, -0.25) is 4.79 Å². The van der Waals surface area contributed by atoms with Gasteiger partial charge < -0.3 is 11.1 Å². The molecule has 3 N–H and O–H groups in total. The average molecular weight is 340 g/mol. The number of nitrogens with two attached hydrogens (primary N) is 1. The predicted molar refractivity (Wildman–Crippen MR) is 99.6 cm³/mol. The van der Waals surface area contributed by atoms with Crippen LogP contribution in [0.15, 0.2) is 30.5 Å². The summed E-state index contributed by atoms with van der Waals surface area (Å²) in [5, 5.41) is 3.64. The number of thiophene rings is 1. The second-order valence-corrected chi connectivity index (χ2v) is 6.78. The van der Waals surface area contributed by atoms with Crippen molar-refractivity contribution in [3.63, 3.8) is 0 Å². The standard InChI is InChI=1S/C18H20N4OS/c1-3-4-5-12-6-7-13-15(19)16(24-18(13)21-12)17(23)22-14-10-11(2)8-9-20-14/h6-10H,3-5,19H2,1-2H3,(H,20,22,23). The molecule has 0 aliphatic rings. The largest absolute Gasteiger partial charge is 0.397 e. The van der Waals surface area contributed by atoms with E-state index in [1.165, 1.54) is 11.3 Å². The summed E-state index contributed by atoms with van der Waals surface area (Å²) in [5.74, 6) is 0.275. The van der Waals surface area contributed by atoms with Crippen molar-refractivity contribution in [2.24, 2.45) is 0 Å². The summed E-state index contributed by atoms with van der Waals surface area (Å²) in [6.45, 7) is 4.11. The fourth-order valence-electron chi connectivity index (χ4n) is 2.48. The van der Waals surface area contributed by atoms with Gasteiger partial charge in [-0.05, 0) is 49.6 Å². The van der Waals surface area contributed by atoms with Gasteiger partial charge in [-0.2, -0.15) is 0 Å². The molecule has 0 unspecified atom stereocenters. The predicted octanol–water partition coefficient (Wildman–Crippen LogP) is 4.18. The summed E-state index contributed by atoms with van der Waals surface area (Å²) in [6.07, 6.45) is 4.84. The number of anilines is 2. The topological polar surface area (TPSA) is 80.9 Å². The Labute approximate surface area is 144 Å². The molecule has 0 saturated heterocycles. The van der Waals surface area contributed by atoms with E-state index in [4.69, 9.17) is 5.73 Å². The number of nitrogens with zero attached hydrogens (tertiary/aromatic N) is 2. The molecule has 124 valence electrons. The third-order valence-electron chi connectivity index (χ3n) is 3.80. The molecule has 0 spiro atoms. The van der Waals surface area contributed by atoms with Crippen LogP contribution in [0.3, 0.4) is 0 Å². The third-order valence-corrected chi connectivity index (χ3v) is 4.92. The average Bonchev–Trinajstić information content (AvgIpc) is 2.89. The lowest BCUT2D eigenvalue weighted by atomic mass is 10.1. The van der Waals surface area contributed by atoms with Crippen LogP contribution in [0.5, 0.6) is 0 Å². The molecule has 24 heavy (non-hydrogen) atoms. The molecule has 6 heteroatoms. The van der Waals surface area contributed by atoms with Gasteiger partial charge in [0.25, 0.3) is 5.91 Å². The number of hydrogen-bond acceptors (Lipinski definition) is 5. The number of pyridine rings is 2. The lowest BCUT2D eigenvalue weighted by molar-refractivity contribution is 0.103. The molecule has 0 atom stereocenters. The summed E-state index contributed by atoms with van der Waals surface area (Å²) >= 11 is 1.33. The molecule has 3 aromatic rings. The Morgan fingerprint density at radius 1 is 1.33 bits per heavy atom. The van der Waals surface area contributed by atoms with Gasteiger partial charge in [0.1, 0.15) is 15.5 Å². The highest BCUT2D eigenvalue weighted by molar-refractivity contribution is 7.21. The van der Waals surface area contributed by atoms with E-state index in [9.17, 15) is 4.79 Å². The Hall–Kier alpha value is -2.47. The number of rotatable bonds is 5. The number of aryl methyl sites for hydroxylation is 2. The molecular formula is C18H20N4OS. The van der Waals surface area contributed by atoms with Gasteiger partial charge in [0.2, 0.25) is 0 Å². The lowest BCUT2D eigenvalue weighted by Gasteiger charge is -2.04. The number of aromatic nitrogens is 2. The molecule has 3 heterocycles. The SMILES string of the molecule is CCCCc1ccc2c(N)c(C(=O)Nc3cc(C)ccn3)sc2n1. The highest BCUT2D eigenvalue weighted by Crippen LogP contribution is 2.33. The monoisotopic (exact) mass is 340 g/mol. The zero-order chi connectivity index (χ0) is 17.1. The lowest BCUT2D eigenvalue weighted by Crippen LogP contribution is -2.13. The molecule has 0 radical (unpaired) electrons. The first kappa shape index (κ1) is 16.4. The van der Waals surface area contributed by atoms with Crippen molar-refractivity contribution >= 4 is 39.0 Å². The molecule has 3 rings (SSSR count). The quantitative estimate of drug-likeness (QED) is 0.730. The van der Waals surface area contributed by atoms with Gasteiger partial charge in [-0.15, -0.1) is 11.3 Å². The Kier molecular flexibility index (Phi) is 4.76. The first-order chi connectivity index (χ1) is 11.6. The summed E-state index contributed by atoms with van der Waals surface area (Å²) in [7, 11) is 0. The zero-order valence-corrected chi connectivity index (χ0v) is 14.6. The maximum absolute atomic E-state index is 12.5. The van der Waals surface area contributed by atoms with Crippen molar-refractivity contribution in [1.82, 2.24) is 9.97 Å². The van der Waals surface area contributed by atoms with Crippen LogP contribution < -0.4 is 11.1 Å². The summed E-state index contributed by atoms with van der Waals surface area (Å²) in [4.78, 5) is 22.6. The van der Waals surface area contributed by atoms with Crippen molar-refractivity contribution in [1.29, 1.82) is 0 Å². The fourth-order valence-corrected chi connectivity index (χ4v) is 3.49. The number of nitrogen functional groups attached to an aromatic ring is 1. The van der Waals surface area contributed by atoms with Gasteiger partial charge in [-0.25, -0.2) is 9.97 Å². The van der Waals surface area contributed by atoms with Crippen LogP contribution in [0.25, 0.3) is 10.2 Å². The van der Waals surface area contributed by atoms with Crippen molar-refractivity contribution in [2.75, 3.05) is 11.1 Å². The van der Waals surface area contributed by atoms with Crippen LogP contribution >= 0.6 is 11.3 Å². The first-order valence-corrected chi connectivity index (χ1v) is 8.82. The normalized spacial score (nSPS) is 10.9. The summed E-state index contributed by atoms with van der Waals surface area (Å²) < 4.78 is 0. The second-order valence-electron chi connectivity index (χ2n) is 5.78. The van der Waals surface area contributed by atoms with Crippen LogP contribution in [-0.4, -0.2) is 15.9 Å². The summed E-state index contributed by atoms with van der Waals surface area (Å²) in [6, 6.07) is 7.65. The molecule has 1 amide bonds. The van der Waals surface area contributed by atoms with Gasteiger partial charge in [0, 0.05) is 17.3 Å². The Bertz CT molecular complexity index is 888. The van der Waals surface area contributed by atoms with Gasteiger partial charge >= 0.3 is 0 Å². The minimum atomic E-state index is -0.247. The van der Waals surface area contributed by atoms with Crippen LogP contribution in [0, 0.1) is 6.92 Å². The molecule has 3 aromatic heterocycles. The van der Waals surface area contributed by atoms with E-state index in [-0.39, 0.29) is 5.91 Å². The van der Waals surface area contributed by atoms with E-state index in [2.05, 4.69) is 22.2 Å². The zero-order valence-electron chi connectivity index (χ0n) is 13.8. The minimum absolute atomic E-state index is 0.247. The van der Waals surface area contributed by atoms with E-state index in [1.807, 2.05) is 31.2 Å². The number of carbonyl (C=O) groups excluding carboxylic acids is 1. The van der Waals surface area contributed by atoms with Gasteiger partial charge in [-0.1, -0.05) is 13.3 Å². The number of hydrogen-bond donors (Lipinski definition) is 2.